The van der Waals surface area contributed by atoms with Gasteiger partial charge < -0.3 is 23.9 Å². The first-order chi connectivity index (χ1) is 18.0. The van der Waals surface area contributed by atoms with Gasteiger partial charge in [0.15, 0.2) is 0 Å². The van der Waals surface area contributed by atoms with E-state index >= 15 is 0 Å². The molecule has 1 aromatic carbocycles. The van der Waals surface area contributed by atoms with Crippen LogP contribution in [0.15, 0.2) is 51.2 Å². The van der Waals surface area contributed by atoms with E-state index in [0.29, 0.717) is 0 Å². The normalized spacial score (nSPS) is 24.1. The molecule has 2 heterocycles. The van der Waals surface area contributed by atoms with E-state index in [-0.39, 0.29) is 12.0 Å². The van der Waals surface area contributed by atoms with Crippen LogP contribution in [0.2, 0.25) is 0 Å². The van der Waals surface area contributed by atoms with Crippen molar-refractivity contribution in [3.63, 3.8) is 0 Å². The van der Waals surface area contributed by atoms with Crippen LogP contribution in [0.1, 0.15) is 18.2 Å². The van der Waals surface area contributed by atoms with Gasteiger partial charge in [0, 0.05) is 23.1 Å². The lowest BCUT2D eigenvalue weighted by Crippen LogP contribution is -2.33. The van der Waals surface area contributed by atoms with Gasteiger partial charge in [-0.05, 0) is 24.6 Å². The van der Waals surface area contributed by atoms with Crippen LogP contribution in [-0.4, -0.2) is 48.4 Å². The van der Waals surface area contributed by atoms with E-state index in [1.807, 2.05) is 4.98 Å². The second-order valence-corrected chi connectivity index (χ2v) is 13.5. The first-order valence-corrected chi connectivity index (χ1v) is 15.1. The zero-order chi connectivity index (χ0) is 29.2. The summed E-state index contributed by atoms with van der Waals surface area (Å²) in [6, 6.07) is 4.70. The fourth-order valence-electron chi connectivity index (χ4n) is 3.24. The summed E-state index contributed by atoms with van der Waals surface area (Å²) in [4.78, 5) is 57.5. The molecule has 17 nitrogen and oxygen atoms in total. The van der Waals surface area contributed by atoms with E-state index in [4.69, 9.17) is 10.3 Å². The molecule has 1 fully saturated rings. The molecule has 4 N–H and O–H groups in total. The molecule has 6 atom stereocenters. The molecule has 22 heteroatoms. The Kier molecular flexibility index (Phi) is 9.05. The number of hydrogen-bond donors (Lipinski definition) is 4. The fraction of sp³-hybridized carbons (Fsp3) is 0.412. The Labute approximate surface area is 216 Å². The smallest absolute Gasteiger partial charge is 0.420 e. The van der Waals surface area contributed by atoms with Gasteiger partial charge in [-0.2, -0.15) is 8.78 Å². The maximum atomic E-state index is 14.5. The molecular formula is C17H20F2N5O12P3. The molecule has 1 aromatic heterocycles. The minimum absolute atomic E-state index is 0.114. The van der Waals surface area contributed by atoms with Crippen molar-refractivity contribution in [2.75, 3.05) is 6.61 Å². The third-order valence-corrected chi connectivity index (χ3v) is 10.6. The van der Waals surface area contributed by atoms with Crippen molar-refractivity contribution in [1.82, 2.24) is 9.55 Å². The first kappa shape index (κ1) is 30.9. The second kappa shape index (κ2) is 11.4. The number of aromatic amines is 1. The molecule has 3 unspecified atom stereocenters. The predicted octanol–water partition coefficient (Wildman–Crippen LogP) is 2.95. The number of aromatic nitrogens is 2. The minimum atomic E-state index is -6.75. The maximum Gasteiger partial charge on any atom is 0.479 e. The topological polar surface area (TPSA) is 252 Å². The highest BCUT2D eigenvalue weighted by atomic mass is 31.3. The van der Waals surface area contributed by atoms with Crippen LogP contribution < -0.4 is 15.8 Å². The van der Waals surface area contributed by atoms with Crippen LogP contribution in [0.25, 0.3) is 10.4 Å². The number of aryl methyl sites for hydroxylation is 1. The Bertz CT molecular complexity index is 1530. The number of para-hydroxylation sites is 1. The largest absolute Gasteiger partial charge is 0.479 e. The molecule has 1 aliphatic rings. The van der Waals surface area contributed by atoms with E-state index < -0.39 is 70.4 Å². The number of phosphoric acid groups is 1. The quantitative estimate of drug-likeness (QED) is 0.123. The number of azide groups is 1. The van der Waals surface area contributed by atoms with Crippen LogP contribution >= 0.6 is 23.0 Å². The summed E-state index contributed by atoms with van der Waals surface area (Å²) < 4.78 is 84.4. The summed E-state index contributed by atoms with van der Waals surface area (Å²) in [5, 5.41) is -2.19. The van der Waals surface area contributed by atoms with Gasteiger partial charge in [0.25, 0.3) is 5.56 Å². The number of rotatable bonds is 11. The van der Waals surface area contributed by atoms with Crippen molar-refractivity contribution in [3.05, 3.63) is 73.4 Å². The molecule has 3 rings (SSSR count). The Morgan fingerprint density at radius 3 is 2.46 bits per heavy atom. The molecule has 2 aromatic rings. The molecule has 0 spiro atoms. The second-order valence-electron chi connectivity index (χ2n) is 7.92. The van der Waals surface area contributed by atoms with E-state index in [1.54, 1.807) is 0 Å². The number of alkyl halides is 2. The molecule has 0 radical (unpaired) electrons. The first-order valence-electron chi connectivity index (χ1n) is 10.5. The van der Waals surface area contributed by atoms with Crippen LogP contribution in [0.3, 0.4) is 0 Å². The molecule has 0 aliphatic carbocycles. The highest BCUT2D eigenvalue weighted by molar-refractivity contribution is 7.76. The number of benzene rings is 1. The van der Waals surface area contributed by atoms with Crippen molar-refractivity contribution >= 4 is 23.0 Å². The van der Waals surface area contributed by atoms with Gasteiger partial charge in [-0.15, -0.1) is 0 Å². The molecule has 0 bridgehead atoms. The number of halogens is 2. The van der Waals surface area contributed by atoms with E-state index in [1.165, 1.54) is 25.1 Å². The Morgan fingerprint density at radius 2 is 1.85 bits per heavy atom. The summed E-state index contributed by atoms with van der Waals surface area (Å²) in [6.45, 7) is 0.321. The monoisotopic (exact) mass is 617 g/mol. The number of ether oxygens (including phenoxy) is 1. The predicted molar refractivity (Wildman–Crippen MR) is 126 cm³/mol. The Morgan fingerprint density at radius 1 is 1.21 bits per heavy atom. The zero-order valence-corrected chi connectivity index (χ0v) is 22.2. The lowest BCUT2D eigenvalue weighted by Gasteiger charge is -2.26. The van der Waals surface area contributed by atoms with Gasteiger partial charge in [-0.1, -0.05) is 23.3 Å². The van der Waals surface area contributed by atoms with Gasteiger partial charge >= 0.3 is 34.1 Å². The summed E-state index contributed by atoms with van der Waals surface area (Å²) in [5.74, 6) is -0.583. The molecular weight excluding hydrogens is 597 g/mol. The summed E-state index contributed by atoms with van der Waals surface area (Å²) in [7, 11) is -19.0. The minimum Gasteiger partial charge on any atom is -0.420 e. The van der Waals surface area contributed by atoms with Gasteiger partial charge in [0.1, 0.15) is 12.0 Å². The van der Waals surface area contributed by atoms with Gasteiger partial charge in [-0.25, -0.2) is 18.2 Å². The summed E-state index contributed by atoms with van der Waals surface area (Å²) >= 11 is 0. The Hall–Kier alpha value is -2.68. The molecule has 1 aliphatic heterocycles. The molecule has 0 saturated carbocycles. The van der Waals surface area contributed by atoms with Crippen molar-refractivity contribution in [1.29, 1.82) is 0 Å². The standard InChI is InChI=1S/C17H20F2N5O12P3/c1-10-8-24(16(26)21-15(10)25)14-7-12(22-23-20)13(34-14)9-33-39(31,32)36-38(29,30)17(18,19)37(27,28)35-11-5-3-2-4-6-11/h2-6,8,12-14H,7,9H2,1H3,(H,27,28)(H,29,30)(H,31,32)(H,21,25,26)/t12-,13+,14+/m0/s1. The van der Waals surface area contributed by atoms with Gasteiger partial charge in [0.05, 0.1) is 18.8 Å². The van der Waals surface area contributed by atoms with Crippen molar-refractivity contribution < 1.29 is 55.3 Å². The zero-order valence-electron chi connectivity index (χ0n) is 19.5. The molecule has 214 valence electrons. The van der Waals surface area contributed by atoms with Crippen LogP contribution in [0.4, 0.5) is 8.78 Å². The molecule has 39 heavy (non-hydrogen) atoms. The highest BCUT2D eigenvalue weighted by Crippen LogP contribution is 2.78. The van der Waals surface area contributed by atoms with Crippen molar-refractivity contribution in [2.24, 2.45) is 5.11 Å². The Balaban J connectivity index is 1.74. The maximum absolute atomic E-state index is 14.5. The average Bonchev–Trinajstić information content (AvgIpc) is 3.22. The van der Waals surface area contributed by atoms with E-state index in [2.05, 4.69) is 23.4 Å². The fourth-order valence-corrected chi connectivity index (χ4v) is 7.52. The van der Waals surface area contributed by atoms with Crippen molar-refractivity contribution in [2.45, 2.75) is 37.1 Å². The number of hydrogen-bond acceptors (Lipinski definition) is 10. The summed E-state index contributed by atoms with van der Waals surface area (Å²) in [5.41, 5.74) is 7.33. The van der Waals surface area contributed by atoms with Gasteiger partial charge in [0.2, 0.25) is 0 Å². The van der Waals surface area contributed by atoms with E-state index in [9.17, 15) is 46.7 Å². The highest BCUT2D eigenvalue weighted by Gasteiger charge is 2.69. The van der Waals surface area contributed by atoms with Crippen LogP contribution in [-0.2, 0) is 27.3 Å². The lowest BCUT2D eigenvalue weighted by atomic mass is 10.1. The van der Waals surface area contributed by atoms with E-state index in [0.717, 1.165) is 22.9 Å². The lowest BCUT2D eigenvalue weighted by molar-refractivity contribution is -0.0268. The number of nitrogens with zero attached hydrogens (tertiary/aromatic N) is 4. The van der Waals surface area contributed by atoms with Crippen LogP contribution in [0, 0.1) is 6.92 Å². The van der Waals surface area contributed by atoms with Crippen molar-refractivity contribution in [3.8, 4) is 5.75 Å². The summed E-state index contributed by atoms with van der Waals surface area (Å²) in [6.07, 6.45) is -1.67. The molecule has 1 saturated heterocycles. The molecule has 0 amide bonds. The number of H-pyrrole nitrogens is 1. The number of nitrogens with one attached hydrogen (secondary N) is 1. The van der Waals surface area contributed by atoms with Crippen LogP contribution in [0.5, 0.6) is 5.75 Å². The third kappa shape index (κ3) is 6.91. The van der Waals surface area contributed by atoms with Gasteiger partial charge in [-0.3, -0.25) is 23.4 Å². The SMILES string of the molecule is Cc1cn([C@H]2C[C@H](N=[N+]=[N-])[C@@H](COP(=O)(O)OP(=O)(O)C(F)(F)P(=O)(O)Oc3ccccc3)O2)c(=O)[nH]c1=O. The third-order valence-electron chi connectivity index (χ3n) is 5.13. The average molecular weight is 617 g/mol. The number of phosphoric ester groups is 1.